The van der Waals surface area contributed by atoms with E-state index >= 15 is 0 Å². The number of guanidine groups is 1. The van der Waals surface area contributed by atoms with Crippen LogP contribution in [-0.4, -0.2) is 88.4 Å². The molecule has 0 unspecified atom stereocenters. The van der Waals surface area contributed by atoms with Crippen LogP contribution in [0.5, 0.6) is 0 Å². The largest absolute Gasteiger partial charge is 0.382 e. The fourth-order valence-corrected chi connectivity index (χ4v) is 2.83. The van der Waals surface area contributed by atoms with Crippen molar-refractivity contribution in [3.8, 4) is 0 Å². The molecule has 0 aromatic carbocycles. The first kappa shape index (κ1) is 21.2. The lowest BCUT2D eigenvalue weighted by molar-refractivity contribution is 0.143. The zero-order valence-corrected chi connectivity index (χ0v) is 16.1. The highest BCUT2D eigenvalue weighted by Gasteiger charge is 2.11. The zero-order chi connectivity index (χ0) is 17.5. The summed E-state index contributed by atoms with van der Waals surface area (Å²) in [6.07, 6.45) is 4.63. The number of unbranched alkanes of at least 4 members (excludes halogenated alkanes) is 1. The van der Waals surface area contributed by atoms with Gasteiger partial charge in [-0.25, -0.2) is 0 Å². The van der Waals surface area contributed by atoms with E-state index in [1.165, 1.54) is 32.6 Å². The van der Waals surface area contributed by atoms with Crippen molar-refractivity contribution in [3.05, 3.63) is 0 Å². The summed E-state index contributed by atoms with van der Waals surface area (Å²) in [5.41, 5.74) is 0. The zero-order valence-electron chi connectivity index (χ0n) is 16.1. The van der Waals surface area contributed by atoms with Crippen molar-refractivity contribution in [2.75, 3.05) is 72.6 Å². The van der Waals surface area contributed by atoms with E-state index in [-0.39, 0.29) is 0 Å². The van der Waals surface area contributed by atoms with Crippen LogP contribution in [-0.2, 0) is 4.74 Å². The molecule has 2 N–H and O–H groups in total. The average molecular weight is 342 g/mol. The topological polar surface area (TPSA) is 52.1 Å². The molecular formula is C18H39N5O. The summed E-state index contributed by atoms with van der Waals surface area (Å²) in [6.45, 7) is 14.6. The third kappa shape index (κ3) is 10.8. The summed E-state index contributed by atoms with van der Waals surface area (Å²) in [4.78, 5) is 9.70. The van der Waals surface area contributed by atoms with Crippen LogP contribution in [0.25, 0.3) is 0 Å². The van der Waals surface area contributed by atoms with Crippen molar-refractivity contribution in [1.82, 2.24) is 20.4 Å². The molecule has 0 aromatic heterocycles. The van der Waals surface area contributed by atoms with E-state index in [1.807, 2.05) is 6.92 Å². The molecule has 6 nitrogen and oxygen atoms in total. The molecule has 1 aliphatic rings. The van der Waals surface area contributed by atoms with E-state index in [1.54, 1.807) is 0 Å². The number of hydrogen-bond acceptors (Lipinski definition) is 4. The van der Waals surface area contributed by atoms with Crippen LogP contribution in [0.15, 0.2) is 4.99 Å². The highest BCUT2D eigenvalue weighted by molar-refractivity contribution is 5.79. The van der Waals surface area contributed by atoms with Crippen molar-refractivity contribution >= 4 is 5.96 Å². The maximum Gasteiger partial charge on any atom is 0.191 e. The molecule has 1 heterocycles. The highest BCUT2D eigenvalue weighted by atomic mass is 16.5. The van der Waals surface area contributed by atoms with Crippen molar-refractivity contribution in [2.24, 2.45) is 4.99 Å². The number of hydrogen-bond donors (Lipinski definition) is 2. The normalized spacial score (nSPS) is 17.7. The Kier molecular flexibility index (Phi) is 12.8. The molecule has 0 amide bonds. The van der Waals surface area contributed by atoms with Gasteiger partial charge in [-0.1, -0.05) is 0 Å². The molecule has 1 saturated heterocycles. The molecule has 0 radical (unpaired) electrons. The van der Waals surface area contributed by atoms with Crippen LogP contribution in [0.1, 0.15) is 39.5 Å². The van der Waals surface area contributed by atoms with Gasteiger partial charge in [-0.15, -0.1) is 0 Å². The molecule has 0 atom stereocenters. The van der Waals surface area contributed by atoms with E-state index in [9.17, 15) is 0 Å². The van der Waals surface area contributed by atoms with Crippen molar-refractivity contribution < 1.29 is 4.74 Å². The summed E-state index contributed by atoms with van der Waals surface area (Å²) in [6, 6.07) is 0. The minimum Gasteiger partial charge on any atom is -0.382 e. The van der Waals surface area contributed by atoms with Crippen LogP contribution in [0.2, 0.25) is 0 Å². The molecular weight excluding hydrogens is 302 g/mol. The van der Waals surface area contributed by atoms with Gasteiger partial charge < -0.3 is 25.2 Å². The number of ether oxygens (including phenoxy) is 1. The first-order valence-electron chi connectivity index (χ1n) is 9.77. The summed E-state index contributed by atoms with van der Waals surface area (Å²) >= 11 is 0. The molecule has 1 aliphatic heterocycles. The van der Waals surface area contributed by atoms with E-state index in [0.29, 0.717) is 0 Å². The van der Waals surface area contributed by atoms with Crippen LogP contribution < -0.4 is 10.6 Å². The van der Waals surface area contributed by atoms with Crippen LogP contribution in [0.3, 0.4) is 0 Å². The lowest BCUT2D eigenvalue weighted by atomic mass is 10.3. The van der Waals surface area contributed by atoms with Gasteiger partial charge in [0.1, 0.15) is 0 Å². The van der Waals surface area contributed by atoms with Gasteiger partial charge in [0.25, 0.3) is 0 Å². The van der Waals surface area contributed by atoms with Crippen molar-refractivity contribution in [3.63, 3.8) is 0 Å². The van der Waals surface area contributed by atoms with Crippen LogP contribution >= 0.6 is 0 Å². The smallest absolute Gasteiger partial charge is 0.191 e. The number of nitrogens with one attached hydrogen (secondary N) is 2. The molecule has 0 bridgehead atoms. The van der Waals surface area contributed by atoms with Gasteiger partial charge in [0.15, 0.2) is 5.96 Å². The lowest BCUT2D eigenvalue weighted by Crippen LogP contribution is -2.38. The molecule has 0 aromatic rings. The Bertz CT molecular complexity index is 325. The van der Waals surface area contributed by atoms with Gasteiger partial charge in [-0.05, 0) is 66.2 Å². The molecule has 142 valence electrons. The van der Waals surface area contributed by atoms with E-state index in [0.717, 1.165) is 64.6 Å². The summed E-state index contributed by atoms with van der Waals surface area (Å²) in [5, 5.41) is 6.74. The highest BCUT2D eigenvalue weighted by Crippen LogP contribution is 2.01. The van der Waals surface area contributed by atoms with Gasteiger partial charge in [0.05, 0.1) is 0 Å². The fraction of sp³-hybridized carbons (Fsp3) is 0.944. The molecule has 0 aliphatic carbocycles. The first-order valence-corrected chi connectivity index (χ1v) is 9.77. The lowest BCUT2D eigenvalue weighted by Gasteiger charge is -2.19. The maximum absolute atomic E-state index is 5.36. The SMILES string of the molecule is CCNC(=NCCCN1CCCN(C)CC1)NCCCCOCC. The monoisotopic (exact) mass is 341 g/mol. The molecule has 1 rings (SSSR count). The van der Waals surface area contributed by atoms with E-state index in [2.05, 4.69) is 34.4 Å². The Balaban J connectivity index is 2.15. The van der Waals surface area contributed by atoms with Gasteiger partial charge in [0, 0.05) is 45.9 Å². The Hall–Kier alpha value is -0.850. The predicted octanol–water partition coefficient (Wildman–Crippen LogP) is 1.39. The van der Waals surface area contributed by atoms with Crippen LogP contribution in [0, 0.1) is 0 Å². The second-order valence-corrected chi connectivity index (χ2v) is 6.44. The predicted molar refractivity (Wildman–Crippen MR) is 103 cm³/mol. The second kappa shape index (κ2) is 14.5. The summed E-state index contributed by atoms with van der Waals surface area (Å²) in [7, 11) is 2.22. The number of aliphatic imine (C=N–C) groups is 1. The van der Waals surface area contributed by atoms with Gasteiger partial charge >= 0.3 is 0 Å². The summed E-state index contributed by atoms with van der Waals surface area (Å²) in [5.74, 6) is 0.949. The third-order valence-electron chi connectivity index (χ3n) is 4.27. The molecule has 6 heteroatoms. The summed E-state index contributed by atoms with van der Waals surface area (Å²) < 4.78 is 5.36. The minimum absolute atomic E-state index is 0.810. The molecule has 24 heavy (non-hydrogen) atoms. The Morgan fingerprint density at radius 3 is 2.71 bits per heavy atom. The minimum atomic E-state index is 0.810. The first-order chi connectivity index (χ1) is 11.8. The van der Waals surface area contributed by atoms with E-state index in [4.69, 9.17) is 9.73 Å². The standard InChI is InChI=1S/C18H39N5O/c1-4-19-18(20-10-6-7-17-24-5-2)21-11-8-13-23-14-9-12-22(3)15-16-23/h4-17H2,1-3H3,(H2,19,20,21). The number of nitrogens with zero attached hydrogens (tertiary/aromatic N) is 3. The quantitative estimate of drug-likeness (QED) is 0.338. The van der Waals surface area contributed by atoms with Crippen molar-refractivity contribution in [1.29, 1.82) is 0 Å². The maximum atomic E-state index is 5.36. The Morgan fingerprint density at radius 1 is 1.04 bits per heavy atom. The molecule has 1 fully saturated rings. The Morgan fingerprint density at radius 2 is 1.92 bits per heavy atom. The van der Waals surface area contributed by atoms with E-state index < -0.39 is 0 Å². The molecule has 0 spiro atoms. The average Bonchev–Trinajstić information content (AvgIpc) is 2.79. The van der Waals surface area contributed by atoms with Crippen molar-refractivity contribution in [2.45, 2.75) is 39.5 Å². The van der Waals surface area contributed by atoms with Crippen LogP contribution in [0.4, 0.5) is 0 Å². The second-order valence-electron chi connectivity index (χ2n) is 6.44. The third-order valence-corrected chi connectivity index (χ3v) is 4.27. The van der Waals surface area contributed by atoms with Gasteiger partial charge in [-0.3, -0.25) is 4.99 Å². The molecule has 0 saturated carbocycles. The Labute approximate surface area is 149 Å². The fourth-order valence-electron chi connectivity index (χ4n) is 2.83. The number of likely N-dealkylation sites (N-methyl/N-ethyl adjacent to an activating group) is 1. The van der Waals surface area contributed by atoms with Gasteiger partial charge in [0.2, 0.25) is 0 Å². The number of rotatable bonds is 11. The van der Waals surface area contributed by atoms with Gasteiger partial charge in [-0.2, -0.15) is 0 Å².